The molecule has 0 amide bonds. The summed E-state index contributed by atoms with van der Waals surface area (Å²) in [4.78, 5) is 22.3. The van der Waals surface area contributed by atoms with Crippen molar-refractivity contribution in [2.45, 2.75) is 42.9 Å². The number of Topliss-reactive ketones (excluding diaryl/α,β-unsaturated/α-hetero) is 1. The van der Waals surface area contributed by atoms with Gasteiger partial charge in [0.15, 0.2) is 6.10 Å². The van der Waals surface area contributed by atoms with Crippen molar-refractivity contribution in [3.05, 3.63) is 0 Å². The van der Waals surface area contributed by atoms with Crippen LogP contribution in [-0.4, -0.2) is 90.4 Å². The Morgan fingerprint density at radius 3 is 1.63 bits per heavy atom. The van der Waals surface area contributed by atoms with E-state index in [0.29, 0.717) is 0 Å². The van der Waals surface area contributed by atoms with E-state index >= 15 is 0 Å². The van der Waals surface area contributed by atoms with Gasteiger partial charge in [-0.2, -0.15) is 0 Å². The summed E-state index contributed by atoms with van der Waals surface area (Å²) in [5.74, 6) is -3.48. The Morgan fingerprint density at radius 1 is 0.684 bits per heavy atom. The van der Waals surface area contributed by atoms with Gasteiger partial charge in [0, 0.05) is 0 Å². The Balaban J connectivity index is 3.09. The average molecular weight is 282 g/mol. The molecule has 0 aromatic heterocycles. The van der Waals surface area contributed by atoms with Crippen molar-refractivity contribution in [3.63, 3.8) is 0 Å². The second-order valence-corrected chi connectivity index (χ2v) is 4.06. The maximum absolute atomic E-state index is 11.2. The van der Waals surface area contributed by atoms with Crippen molar-refractivity contribution >= 4 is 11.8 Å². The van der Waals surface area contributed by atoms with E-state index in [0.717, 1.165) is 0 Å². The zero-order valence-corrected chi connectivity index (χ0v) is 9.40. The minimum atomic E-state index is -2.42. The van der Waals surface area contributed by atoms with E-state index in [9.17, 15) is 45.3 Å². The number of aliphatic hydroxyl groups excluding tert-OH is 7. The molecule has 0 aliphatic carbocycles. The lowest BCUT2D eigenvalue weighted by Crippen LogP contribution is -2.58. The molecular formula is C9H14O10. The van der Waals surface area contributed by atoms with Crippen LogP contribution in [0.25, 0.3) is 0 Å². The molecule has 110 valence electrons. The van der Waals surface area contributed by atoms with Crippen molar-refractivity contribution in [2.75, 3.05) is 0 Å². The minimum absolute atomic E-state index is 1.69. The molecule has 0 radical (unpaired) electrons. The van der Waals surface area contributed by atoms with Gasteiger partial charge in [-0.1, -0.05) is 0 Å². The summed E-state index contributed by atoms with van der Waals surface area (Å²) >= 11 is 0. The average Bonchev–Trinajstić information content (AvgIpc) is 2.40. The molecule has 0 aromatic carbocycles. The van der Waals surface area contributed by atoms with Gasteiger partial charge in [0.25, 0.3) is 5.78 Å². The van der Waals surface area contributed by atoms with Crippen LogP contribution in [0, 0.1) is 0 Å². The third-order valence-electron chi connectivity index (χ3n) is 2.71. The van der Waals surface area contributed by atoms with Crippen molar-refractivity contribution in [1.82, 2.24) is 0 Å². The second kappa shape index (κ2) is 5.88. The molecule has 7 unspecified atom stereocenters. The maximum atomic E-state index is 11.2. The third-order valence-corrected chi connectivity index (χ3v) is 2.71. The van der Waals surface area contributed by atoms with Gasteiger partial charge in [-0.05, 0) is 0 Å². The van der Waals surface area contributed by atoms with Crippen LogP contribution in [0.4, 0.5) is 0 Å². The quantitative estimate of drug-likeness (QED) is 0.167. The molecule has 0 aromatic rings. The summed E-state index contributed by atoms with van der Waals surface area (Å²) < 4.78 is 4.02. The Morgan fingerprint density at radius 2 is 1.11 bits per heavy atom. The van der Waals surface area contributed by atoms with Crippen LogP contribution >= 0.6 is 0 Å². The zero-order chi connectivity index (χ0) is 14.9. The topological polar surface area (TPSA) is 185 Å². The Hall–Kier alpha value is -1.14. The first kappa shape index (κ1) is 15.9. The van der Waals surface area contributed by atoms with Gasteiger partial charge < -0.3 is 40.5 Å². The van der Waals surface area contributed by atoms with E-state index in [-0.39, 0.29) is 0 Å². The lowest BCUT2D eigenvalue weighted by Gasteiger charge is -2.33. The van der Waals surface area contributed by atoms with Gasteiger partial charge in [-0.25, -0.2) is 4.79 Å². The molecule has 1 saturated heterocycles. The van der Waals surface area contributed by atoms with Gasteiger partial charge in [-0.3, -0.25) is 4.79 Å². The van der Waals surface area contributed by atoms with E-state index < -0.39 is 54.7 Å². The molecule has 0 saturated carbocycles. The summed E-state index contributed by atoms with van der Waals surface area (Å²) in [6.45, 7) is 0. The highest BCUT2D eigenvalue weighted by atomic mass is 16.7. The SMILES string of the molecule is O=C1OC(O)C(O)C(O)C(O)C(O)C(O)C(O)C1=O. The monoisotopic (exact) mass is 282 g/mol. The zero-order valence-electron chi connectivity index (χ0n) is 9.40. The molecular weight excluding hydrogens is 268 g/mol. The molecule has 7 N–H and O–H groups in total. The van der Waals surface area contributed by atoms with Gasteiger partial charge in [0.2, 0.25) is 6.29 Å². The number of ketones is 1. The summed E-state index contributed by atoms with van der Waals surface area (Å²) in [5.41, 5.74) is 0. The number of aliphatic hydroxyl groups is 7. The third kappa shape index (κ3) is 3.06. The first-order valence-corrected chi connectivity index (χ1v) is 5.19. The lowest BCUT2D eigenvalue weighted by atomic mass is 9.94. The smallest absolute Gasteiger partial charge is 0.379 e. The summed E-state index contributed by atoms with van der Waals surface area (Å²) in [7, 11) is 0. The van der Waals surface area contributed by atoms with Gasteiger partial charge in [0.05, 0.1) is 0 Å². The van der Waals surface area contributed by atoms with Crippen LogP contribution in [0.3, 0.4) is 0 Å². The first-order chi connectivity index (χ1) is 8.68. The molecule has 7 atom stereocenters. The molecule has 1 fully saturated rings. The Kier molecular flexibility index (Phi) is 4.92. The number of cyclic esters (lactones) is 1. The molecule has 1 heterocycles. The van der Waals surface area contributed by atoms with E-state index in [1.807, 2.05) is 0 Å². The molecule has 1 aliphatic heterocycles. The van der Waals surface area contributed by atoms with Crippen molar-refractivity contribution in [2.24, 2.45) is 0 Å². The number of carbonyl (C=O) groups is 2. The molecule has 10 nitrogen and oxygen atoms in total. The fraction of sp³-hybridized carbons (Fsp3) is 0.778. The molecule has 0 bridgehead atoms. The number of hydrogen-bond donors (Lipinski definition) is 7. The number of ether oxygens (including phenoxy) is 1. The van der Waals surface area contributed by atoms with Crippen molar-refractivity contribution in [3.8, 4) is 0 Å². The second-order valence-electron chi connectivity index (χ2n) is 4.06. The van der Waals surface area contributed by atoms with E-state index in [1.54, 1.807) is 0 Å². The Labute approximate surface area is 106 Å². The number of carbonyl (C=O) groups excluding carboxylic acids is 2. The normalized spacial score (nSPS) is 45.7. The lowest BCUT2D eigenvalue weighted by molar-refractivity contribution is -0.225. The predicted octanol–water partition coefficient (Wildman–Crippen LogP) is -5.40. The highest BCUT2D eigenvalue weighted by molar-refractivity contribution is 6.35. The minimum Gasteiger partial charge on any atom is -0.427 e. The predicted molar refractivity (Wildman–Crippen MR) is 53.1 cm³/mol. The molecule has 1 aliphatic rings. The van der Waals surface area contributed by atoms with E-state index in [2.05, 4.69) is 4.74 Å². The summed E-state index contributed by atoms with van der Waals surface area (Å²) in [5, 5.41) is 65.3. The van der Waals surface area contributed by atoms with Crippen LogP contribution in [0.1, 0.15) is 0 Å². The standard InChI is InChI=1S/C9H14O10/c10-1-2(11)4(13)6(15)8(17)19-9(18)7(16)5(14)3(1)12/h1-6,8,10-15,17H. The molecule has 1 rings (SSSR count). The van der Waals surface area contributed by atoms with Gasteiger partial charge in [0.1, 0.15) is 30.5 Å². The molecule has 0 spiro atoms. The van der Waals surface area contributed by atoms with Crippen LogP contribution in [-0.2, 0) is 14.3 Å². The van der Waals surface area contributed by atoms with E-state index in [1.165, 1.54) is 0 Å². The van der Waals surface area contributed by atoms with Crippen molar-refractivity contribution < 1.29 is 50.1 Å². The Bertz CT molecular complexity index is 357. The highest BCUT2D eigenvalue weighted by Gasteiger charge is 2.45. The molecule has 19 heavy (non-hydrogen) atoms. The summed E-state index contributed by atoms with van der Waals surface area (Å²) in [6.07, 6.45) is -16.0. The highest BCUT2D eigenvalue weighted by Crippen LogP contribution is 2.16. The fourth-order valence-electron chi connectivity index (χ4n) is 1.47. The van der Waals surface area contributed by atoms with Gasteiger partial charge in [-0.15, -0.1) is 0 Å². The maximum Gasteiger partial charge on any atom is 0.379 e. The van der Waals surface area contributed by atoms with Crippen LogP contribution in [0.5, 0.6) is 0 Å². The fourth-order valence-corrected chi connectivity index (χ4v) is 1.47. The van der Waals surface area contributed by atoms with Gasteiger partial charge >= 0.3 is 5.97 Å². The van der Waals surface area contributed by atoms with Crippen LogP contribution in [0.2, 0.25) is 0 Å². The van der Waals surface area contributed by atoms with E-state index in [4.69, 9.17) is 0 Å². The van der Waals surface area contributed by atoms with Crippen LogP contribution < -0.4 is 0 Å². The van der Waals surface area contributed by atoms with Crippen LogP contribution in [0.15, 0.2) is 0 Å². The molecule has 10 heteroatoms. The first-order valence-electron chi connectivity index (χ1n) is 5.19. The largest absolute Gasteiger partial charge is 0.427 e. The number of hydrogen-bond acceptors (Lipinski definition) is 10. The van der Waals surface area contributed by atoms with Crippen molar-refractivity contribution in [1.29, 1.82) is 0 Å². The number of rotatable bonds is 0. The number of esters is 1. The summed E-state index contributed by atoms with van der Waals surface area (Å²) in [6, 6.07) is 0.